The van der Waals surface area contributed by atoms with Crippen LogP contribution in [0, 0.1) is 5.92 Å². The van der Waals surface area contributed by atoms with E-state index in [2.05, 4.69) is 9.72 Å². The molecule has 0 amide bonds. The average Bonchev–Trinajstić information content (AvgIpc) is 2.87. The number of thiazole rings is 1. The molecule has 0 radical (unpaired) electrons. The zero-order valence-electron chi connectivity index (χ0n) is 11.2. The Morgan fingerprint density at radius 3 is 2.60 bits per heavy atom. The Morgan fingerprint density at radius 1 is 1.25 bits per heavy atom. The highest BCUT2D eigenvalue weighted by Crippen LogP contribution is 2.33. The molecule has 0 spiro atoms. The van der Waals surface area contributed by atoms with Gasteiger partial charge >= 0.3 is 6.61 Å². The molecular weight excluding hydrogens is 282 g/mol. The number of nitrogens with zero attached hydrogens (tertiary/aromatic N) is 1. The summed E-state index contributed by atoms with van der Waals surface area (Å²) in [4.78, 5) is 4.44. The molecule has 0 saturated heterocycles. The SMILES string of the molecule is CC(C)C(N)c1nc(-c2ccccc2OC(F)F)cs1. The first-order valence-electron chi connectivity index (χ1n) is 6.24. The molecule has 108 valence electrons. The highest BCUT2D eigenvalue weighted by Gasteiger charge is 2.17. The van der Waals surface area contributed by atoms with Gasteiger partial charge in [0.2, 0.25) is 0 Å². The molecule has 2 rings (SSSR count). The van der Waals surface area contributed by atoms with Crippen LogP contribution in [-0.4, -0.2) is 11.6 Å². The summed E-state index contributed by atoms with van der Waals surface area (Å²) in [5, 5.41) is 2.60. The van der Waals surface area contributed by atoms with Gasteiger partial charge < -0.3 is 10.5 Å². The van der Waals surface area contributed by atoms with Gasteiger partial charge in [-0.05, 0) is 18.1 Å². The second-order valence-corrected chi connectivity index (χ2v) is 5.61. The van der Waals surface area contributed by atoms with Crippen LogP contribution in [0.5, 0.6) is 5.75 Å². The first-order chi connectivity index (χ1) is 9.49. The lowest BCUT2D eigenvalue weighted by molar-refractivity contribution is -0.0494. The number of rotatable bonds is 5. The van der Waals surface area contributed by atoms with Gasteiger partial charge in [0.1, 0.15) is 10.8 Å². The molecule has 6 heteroatoms. The lowest BCUT2D eigenvalue weighted by atomic mass is 10.1. The fourth-order valence-electron chi connectivity index (χ4n) is 1.73. The lowest BCUT2D eigenvalue weighted by Gasteiger charge is -2.12. The zero-order chi connectivity index (χ0) is 14.7. The second-order valence-electron chi connectivity index (χ2n) is 4.72. The van der Waals surface area contributed by atoms with Crippen molar-refractivity contribution in [2.75, 3.05) is 0 Å². The molecular formula is C14H16F2N2OS. The van der Waals surface area contributed by atoms with Gasteiger partial charge in [-0.25, -0.2) is 4.98 Å². The van der Waals surface area contributed by atoms with E-state index in [4.69, 9.17) is 5.73 Å². The minimum absolute atomic E-state index is 0.123. The summed E-state index contributed by atoms with van der Waals surface area (Å²) < 4.78 is 29.3. The van der Waals surface area contributed by atoms with Crippen molar-refractivity contribution in [3.8, 4) is 17.0 Å². The number of benzene rings is 1. The molecule has 1 atom stereocenters. The van der Waals surface area contributed by atoms with Crippen LogP contribution in [-0.2, 0) is 0 Å². The molecule has 0 fully saturated rings. The van der Waals surface area contributed by atoms with Crippen molar-refractivity contribution in [3.05, 3.63) is 34.7 Å². The Kier molecular flexibility index (Phi) is 4.67. The molecule has 2 N–H and O–H groups in total. The van der Waals surface area contributed by atoms with Crippen LogP contribution in [0.25, 0.3) is 11.3 Å². The molecule has 3 nitrogen and oxygen atoms in total. The number of ether oxygens (including phenoxy) is 1. The van der Waals surface area contributed by atoms with Crippen LogP contribution in [0.1, 0.15) is 24.9 Å². The largest absolute Gasteiger partial charge is 0.434 e. The first-order valence-corrected chi connectivity index (χ1v) is 7.12. The first kappa shape index (κ1) is 14.9. The quantitative estimate of drug-likeness (QED) is 0.905. The van der Waals surface area contributed by atoms with Crippen molar-refractivity contribution in [2.45, 2.75) is 26.5 Å². The number of nitrogens with two attached hydrogens (primary N) is 1. The van der Waals surface area contributed by atoms with E-state index in [0.717, 1.165) is 5.01 Å². The van der Waals surface area contributed by atoms with E-state index in [-0.39, 0.29) is 17.7 Å². The maximum absolute atomic E-state index is 12.4. The maximum atomic E-state index is 12.4. The molecule has 1 aromatic heterocycles. The normalized spacial score (nSPS) is 12.9. The smallest absolute Gasteiger partial charge is 0.387 e. The van der Waals surface area contributed by atoms with Crippen molar-refractivity contribution >= 4 is 11.3 Å². The van der Waals surface area contributed by atoms with Crippen molar-refractivity contribution < 1.29 is 13.5 Å². The van der Waals surface area contributed by atoms with Crippen LogP contribution in [0.2, 0.25) is 0 Å². The molecule has 0 aliphatic rings. The van der Waals surface area contributed by atoms with Gasteiger partial charge in [-0.1, -0.05) is 26.0 Å². The van der Waals surface area contributed by atoms with Crippen LogP contribution in [0.3, 0.4) is 0 Å². The van der Waals surface area contributed by atoms with E-state index in [1.165, 1.54) is 17.4 Å². The van der Waals surface area contributed by atoms with Gasteiger partial charge in [-0.3, -0.25) is 0 Å². The molecule has 1 unspecified atom stereocenters. The third-order valence-corrected chi connectivity index (χ3v) is 3.85. The Bertz CT molecular complexity index is 572. The summed E-state index contributed by atoms with van der Waals surface area (Å²) in [5.41, 5.74) is 7.20. The van der Waals surface area contributed by atoms with Crippen molar-refractivity contribution in [1.29, 1.82) is 0 Å². The minimum Gasteiger partial charge on any atom is -0.434 e. The summed E-state index contributed by atoms with van der Waals surface area (Å²) in [5.74, 6) is 0.388. The third-order valence-electron chi connectivity index (χ3n) is 2.90. The van der Waals surface area contributed by atoms with E-state index in [1.807, 2.05) is 19.2 Å². The fourth-order valence-corrected chi connectivity index (χ4v) is 2.72. The van der Waals surface area contributed by atoms with Gasteiger partial charge in [0.05, 0.1) is 11.7 Å². The number of alkyl halides is 2. The van der Waals surface area contributed by atoms with E-state index < -0.39 is 6.61 Å². The van der Waals surface area contributed by atoms with Gasteiger partial charge in [0, 0.05) is 10.9 Å². The molecule has 0 bridgehead atoms. The molecule has 0 aliphatic heterocycles. The topological polar surface area (TPSA) is 48.1 Å². The molecule has 1 heterocycles. The van der Waals surface area contributed by atoms with Crippen LogP contribution in [0.4, 0.5) is 8.78 Å². The van der Waals surface area contributed by atoms with Crippen molar-refractivity contribution in [1.82, 2.24) is 4.98 Å². The predicted molar refractivity (Wildman–Crippen MR) is 75.9 cm³/mol. The number of hydrogen-bond donors (Lipinski definition) is 1. The van der Waals surface area contributed by atoms with Crippen LogP contribution >= 0.6 is 11.3 Å². The summed E-state index contributed by atoms with van der Waals surface area (Å²) >= 11 is 1.43. The highest BCUT2D eigenvalue weighted by molar-refractivity contribution is 7.10. The van der Waals surface area contributed by atoms with Crippen LogP contribution < -0.4 is 10.5 Å². The monoisotopic (exact) mass is 298 g/mol. The van der Waals surface area contributed by atoms with Gasteiger partial charge in [-0.2, -0.15) is 8.78 Å². The lowest BCUT2D eigenvalue weighted by Crippen LogP contribution is -2.16. The van der Waals surface area contributed by atoms with Gasteiger partial charge in [-0.15, -0.1) is 11.3 Å². The van der Waals surface area contributed by atoms with E-state index in [9.17, 15) is 8.78 Å². The third kappa shape index (κ3) is 3.32. The molecule has 0 saturated carbocycles. The summed E-state index contributed by atoms with van der Waals surface area (Å²) in [6.45, 7) is 1.17. The predicted octanol–water partition coefficient (Wildman–Crippen LogP) is 4.07. The van der Waals surface area contributed by atoms with Gasteiger partial charge in [0.15, 0.2) is 0 Å². The Morgan fingerprint density at radius 2 is 1.95 bits per heavy atom. The summed E-state index contributed by atoms with van der Waals surface area (Å²) in [6.07, 6.45) is 0. The number of halogens is 2. The highest BCUT2D eigenvalue weighted by atomic mass is 32.1. The zero-order valence-corrected chi connectivity index (χ0v) is 12.0. The summed E-state index contributed by atoms with van der Waals surface area (Å²) in [7, 11) is 0. The standard InChI is InChI=1S/C14H16F2N2OS/c1-8(2)12(17)13-18-10(7-20-13)9-5-3-4-6-11(9)19-14(15)16/h3-8,12,14H,17H2,1-2H3. The fraction of sp³-hybridized carbons (Fsp3) is 0.357. The molecule has 0 aliphatic carbocycles. The van der Waals surface area contributed by atoms with Crippen molar-refractivity contribution in [3.63, 3.8) is 0 Å². The average molecular weight is 298 g/mol. The minimum atomic E-state index is -2.85. The second kappa shape index (κ2) is 6.28. The molecule has 1 aromatic carbocycles. The summed E-state index contributed by atoms with van der Waals surface area (Å²) in [6, 6.07) is 6.46. The van der Waals surface area contributed by atoms with Crippen LogP contribution in [0.15, 0.2) is 29.6 Å². The molecule has 2 aromatic rings. The maximum Gasteiger partial charge on any atom is 0.387 e. The van der Waals surface area contributed by atoms with E-state index in [0.29, 0.717) is 11.3 Å². The molecule has 20 heavy (non-hydrogen) atoms. The number of para-hydroxylation sites is 1. The Labute approximate surface area is 120 Å². The van der Waals surface area contributed by atoms with E-state index in [1.54, 1.807) is 18.2 Å². The van der Waals surface area contributed by atoms with Crippen molar-refractivity contribution in [2.24, 2.45) is 11.7 Å². The number of aromatic nitrogens is 1. The number of hydrogen-bond acceptors (Lipinski definition) is 4. The Balaban J connectivity index is 2.33. The Hall–Kier alpha value is -1.53. The van der Waals surface area contributed by atoms with E-state index >= 15 is 0 Å². The van der Waals surface area contributed by atoms with Gasteiger partial charge in [0.25, 0.3) is 0 Å².